The molecule has 1 unspecified atom stereocenters. The lowest BCUT2D eigenvalue weighted by molar-refractivity contribution is -0.140. The second-order valence-electron chi connectivity index (χ2n) is 4.40. The van der Waals surface area contributed by atoms with Crippen molar-refractivity contribution >= 4 is 23.9 Å². The minimum absolute atomic E-state index is 0.242. The normalized spacial score (nSPS) is 12.9. The number of carbonyl (C=O) groups excluding carboxylic acids is 2. The minimum Gasteiger partial charge on any atom is -0.481 e. The summed E-state index contributed by atoms with van der Waals surface area (Å²) >= 11 is 0. The van der Waals surface area contributed by atoms with Gasteiger partial charge in [-0.2, -0.15) is 0 Å². The monoisotopic (exact) mass is 289 g/mol. The number of urea groups is 1. The number of carbonyl (C=O) groups is 4. The Morgan fingerprint density at radius 1 is 1.10 bits per heavy atom. The minimum atomic E-state index is -1.34. The van der Waals surface area contributed by atoms with Crippen molar-refractivity contribution in [2.45, 2.75) is 31.8 Å². The van der Waals surface area contributed by atoms with Crippen LogP contribution >= 0.6 is 0 Å². The molecule has 0 spiro atoms. The molecule has 0 saturated heterocycles. The quantitative estimate of drug-likeness (QED) is 0.478. The van der Waals surface area contributed by atoms with Gasteiger partial charge in [-0.05, 0) is 13.3 Å². The summed E-state index contributed by atoms with van der Waals surface area (Å²) in [6.07, 6.45) is -0.627. The lowest BCUT2D eigenvalue weighted by atomic mass is 10.1. The van der Waals surface area contributed by atoms with Crippen molar-refractivity contribution in [1.82, 2.24) is 15.5 Å². The molecule has 0 saturated carbocycles. The number of hydrogen-bond acceptors (Lipinski definition) is 4. The van der Waals surface area contributed by atoms with Crippen LogP contribution in [0.1, 0.15) is 19.8 Å². The molecule has 9 nitrogen and oxygen atoms in total. The van der Waals surface area contributed by atoms with Crippen molar-refractivity contribution < 1.29 is 29.4 Å². The fourth-order valence-corrected chi connectivity index (χ4v) is 1.37. The molecule has 0 radical (unpaired) electrons. The average molecular weight is 289 g/mol. The number of amides is 3. The zero-order valence-corrected chi connectivity index (χ0v) is 11.5. The first-order valence-electron chi connectivity index (χ1n) is 5.88. The second-order valence-corrected chi connectivity index (χ2v) is 4.40. The molecule has 20 heavy (non-hydrogen) atoms. The van der Waals surface area contributed by atoms with Gasteiger partial charge in [-0.1, -0.05) is 0 Å². The molecule has 0 rings (SSSR count). The van der Waals surface area contributed by atoms with Gasteiger partial charge in [-0.25, -0.2) is 9.59 Å². The molecule has 2 atom stereocenters. The summed E-state index contributed by atoms with van der Waals surface area (Å²) in [5.41, 5.74) is 0. The molecular formula is C11H19N3O6. The highest BCUT2D eigenvalue weighted by Gasteiger charge is 2.23. The van der Waals surface area contributed by atoms with Crippen LogP contribution in [-0.4, -0.2) is 65.2 Å². The van der Waals surface area contributed by atoms with Crippen LogP contribution in [0.4, 0.5) is 4.79 Å². The van der Waals surface area contributed by atoms with Gasteiger partial charge in [0.1, 0.15) is 12.1 Å². The van der Waals surface area contributed by atoms with Crippen LogP contribution in [0.3, 0.4) is 0 Å². The SMILES string of the molecule is CC(NC(=O)N[C@@H](CCC(=O)O)C(=O)O)C(=O)N(C)C. The fraction of sp³-hybridized carbons (Fsp3) is 0.636. The van der Waals surface area contributed by atoms with Crippen molar-refractivity contribution in [3.63, 3.8) is 0 Å². The highest BCUT2D eigenvalue weighted by Crippen LogP contribution is 1.98. The van der Waals surface area contributed by atoms with E-state index in [1.165, 1.54) is 25.9 Å². The van der Waals surface area contributed by atoms with E-state index in [0.717, 1.165) is 0 Å². The molecule has 9 heteroatoms. The first-order valence-corrected chi connectivity index (χ1v) is 5.88. The van der Waals surface area contributed by atoms with Crippen molar-refractivity contribution in [2.24, 2.45) is 0 Å². The molecule has 0 aliphatic carbocycles. The predicted octanol–water partition coefficient (Wildman–Crippen LogP) is -0.920. The van der Waals surface area contributed by atoms with Crippen LogP contribution in [0.2, 0.25) is 0 Å². The number of aliphatic carboxylic acids is 2. The van der Waals surface area contributed by atoms with E-state index >= 15 is 0 Å². The van der Waals surface area contributed by atoms with E-state index in [9.17, 15) is 19.2 Å². The third-order valence-electron chi connectivity index (χ3n) is 2.41. The Morgan fingerprint density at radius 2 is 1.65 bits per heavy atom. The maximum absolute atomic E-state index is 11.5. The Balaban J connectivity index is 4.43. The van der Waals surface area contributed by atoms with Crippen LogP contribution < -0.4 is 10.6 Å². The van der Waals surface area contributed by atoms with Gasteiger partial charge in [0.2, 0.25) is 5.91 Å². The van der Waals surface area contributed by atoms with Crippen LogP contribution in [0.5, 0.6) is 0 Å². The summed E-state index contributed by atoms with van der Waals surface area (Å²) in [6.45, 7) is 1.45. The Morgan fingerprint density at radius 3 is 2.05 bits per heavy atom. The summed E-state index contributed by atoms with van der Waals surface area (Å²) in [7, 11) is 3.04. The largest absolute Gasteiger partial charge is 0.481 e. The summed E-state index contributed by atoms with van der Waals surface area (Å²) in [5.74, 6) is -2.85. The van der Waals surface area contributed by atoms with Crippen molar-refractivity contribution in [3.8, 4) is 0 Å². The van der Waals surface area contributed by atoms with Gasteiger partial charge in [-0.3, -0.25) is 9.59 Å². The third-order valence-corrected chi connectivity index (χ3v) is 2.41. The lowest BCUT2D eigenvalue weighted by Crippen LogP contribution is -2.52. The van der Waals surface area contributed by atoms with Gasteiger partial charge in [0.15, 0.2) is 0 Å². The molecule has 0 fully saturated rings. The van der Waals surface area contributed by atoms with Gasteiger partial charge in [0.25, 0.3) is 0 Å². The molecule has 114 valence electrons. The number of carboxylic acid groups (broad SMARTS) is 2. The molecular weight excluding hydrogens is 270 g/mol. The van der Waals surface area contributed by atoms with Crippen LogP contribution in [-0.2, 0) is 14.4 Å². The molecule has 3 amide bonds. The van der Waals surface area contributed by atoms with E-state index in [2.05, 4.69) is 10.6 Å². The number of rotatable bonds is 7. The van der Waals surface area contributed by atoms with Crippen LogP contribution in [0.25, 0.3) is 0 Å². The van der Waals surface area contributed by atoms with E-state index in [-0.39, 0.29) is 18.7 Å². The zero-order valence-electron chi connectivity index (χ0n) is 11.5. The molecule has 0 bridgehead atoms. The van der Waals surface area contributed by atoms with Gasteiger partial charge < -0.3 is 25.7 Å². The van der Waals surface area contributed by atoms with Gasteiger partial charge in [-0.15, -0.1) is 0 Å². The number of nitrogens with zero attached hydrogens (tertiary/aromatic N) is 1. The fourth-order valence-electron chi connectivity index (χ4n) is 1.37. The van der Waals surface area contributed by atoms with Crippen molar-refractivity contribution in [3.05, 3.63) is 0 Å². The third kappa shape index (κ3) is 6.57. The summed E-state index contributed by atoms with van der Waals surface area (Å²) < 4.78 is 0. The molecule has 0 aliphatic rings. The molecule has 0 aromatic rings. The maximum atomic E-state index is 11.5. The average Bonchev–Trinajstić information content (AvgIpc) is 2.32. The van der Waals surface area contributed by atoms with E-state index in [0.29, 0.717) is 0 Å². The number of carboxylic acids is 2. The summed E-state index contributed by atoms with van der Waals surface area (Å²) in [6, 6.07) is -2.99. The first-order chi connectivity index (χ1) is 9.15. The molecule has 0 aliphatic heterocycles. The van der Waals surface area contributed by atoms with Gasteiger partial charge >= 0.3 is 18.0 Å². The summed E-state index contributed by atoms with van der Waals surface area (Å²) in [5, 5.41) is 21.7. The smallest absolute Gasteiger partial charge is 0.326 e. The maximum Gasteiger partial charge on any atom is 0.326 e. The van der Waals surface area contributed by atoms with Crippen molar-refractivity contribution in [1.29, 1.82) is 0 Å². The zero-order chi connectivity index (χ0) is 15.9. The van der Waals surface area contributed by atoms with Crippen LogP contribution in [0.15, 0.2) is 0 Å². The Bertz CT molecular complexity index is 396. The molecule has 4 N–H and O–H groups in total. The number of nitrogens with one attached hydrogen (secondary N) is 2. The Hall–Kier alpha value is -2.32. The summed E-state index contributed by atoms with van der Waals surface area (Å²) in [4.78, 5) is 45.6. The number of likely N-dealkylation sites (N-methyl/N-ethyl adjacent to an activating group) is 1. The topological polar surface area (TPSA) is 136 Å². The Kier molecular flexibility index (Phi) is 7.05. The lowest BCUT2D eigenvalue weighted by Gasteiger charge is -2.20. The van der Waals surface area contributed by atoms with Gasteiger partial charge in [0, 0.05) is 20.5 Å². The predicted molar refractivity (Wildman–Crippen MR) is 68.1 cm³/mol. The van der Waals surface area contributed by atoms with Crippen molar-refractivity contribution in [2.75, 3.05) is 14.1 Å². The van der Waals surface area contributed by atoms with E-state index in [1.807, 2.05) is 0 Å². The van der Waals surface area contributed by atoms with E-state index in [4.69, 9.17) is 10.2 Å². The van der Waals surface area contributed by atoms with Crippen LogP contribution in [0, 0.1) is 0 Å². The van der Waals surface area contributed by atoms with E-state index in [1.54, 1.807) is 0 Å². The molecule has 0 heterocycles. The number of hydrogen-bond donors (Lipinski definition) is 4. The first kappa shape index (κ1) is 17.7. The Labute approximate surface area is 115 Å². The standard InChI is InChI=1S/C11H19N3O6/c1-6(9(17)14(2)3)12-11(20)13-7(10(18)19)4-5-8(15)16/h6-7H,4-5H2,1-3H3,(H,15,16)(H,18,19)(H2,12,13,20)/t6?,7-/m0/s1. The highest BCUT2D eigenvalue weighted by atomic mass is 16.4. The van der Waals surface area contributed by atoms with E-state index < -0.39 is 30.1 Å². The molecule has 0 aromatic carbocycles. The second kappa shape index (κ2) is 7.97. The van der Waals surface area contributed by atoms with Gasteiger partial charge in [0.05, 0.1) is 0 Å². The molecule has 0 aromatic heterocycles. The highest BCUT2D eigenvalue weighted by molar-refractivity contribution is 5.88.